The third-order valence-electron chi connectivity index (χ3n) is 3.78. The number of likely N-dealkylation sites (tertiary alicyclic amines) is 1. The van der Waals surface area contributed by atoms with E-state index >= 15 is 0 Å². The monoisotopic (exact) mass is 343 g/mol. The minimum absolute atomic E-state index is 0.357. The number of carbonyl (C=O) groups is 1. The Bertz CT molecular complexity index is 378. The van der Waals surface area contributed by atoms with Gasteiger partial charge in [-0.1, -0.05) is 22.0 Å². The van der Waals surface area contributed by atoms with Crippen molar-refractivity contribution in [2.75, 3.05) is 18.4 Å². The Morgan fingerprint density at radius 1 is 1.53 bits per heavy atom. The molecule has 1 aromatic heterocycles. The smallest absolute Gasteiger partial charge is 0.222 e. The van der Waals surface area contributed by atoms with Crippen LogP contribution in [-0.4, -0.2) is 29.2 Å². The van der Waals surface area contributed by atoms with Gasteiger partial charge in [-0.05, 0) is 49.5 Å². The predicted octanol–water partition coefficient (Wildman–Crippen LogP) is 4.09. The van der Waals surface area contributed by atoms with Crippen LogP contribution in [0.25, 0.3) is 0 Å². The molecule has 0 spiro atoms. The van der Waals surface area contributed by atoms with Gasteiger partial charge in [0.05, 0.1) is 0 Å². The standard InChI is InChI=1S/C15H22BrNOS/c16-9-8-13-4-2-10-17(12-13)15(18)7-1-5-14-6-3-11-19-14/h3,6,11,13H,1-2,4-5,7-10,12H2. The van der Waals surface area contributed by atoms with Crippen molar-refractivity contribution >= 4 is 33.2 Å². The first kappa shape index (κ1) is 15.0. The van der Waals surface area contributed by atoms with E-state index in [4.69, 9.17) is 0 Å². The molecular weight excluding hydrogens is 322 g/mol. The molecule has 1 atom stereocenters. The van der Waals surface area contributed by atoms with E-state index in [1.165, 1.54) is 24.1 Å². The van der Waals surface area contributed by atoms with Gasteiger partial charge in [0.15, 0.2) is 0 Å². The average molecular weight is 344 g/mol. The highest BCUT2D eigenvalue weighted by molar-refractivity contribution is 9.09. The van der Waals surface area contributed by atoms with Crippen LogP contribution in [0.15, 0.2) is 17.5 Å². The fraction of sp³-hybridized carbons (Fsp3) is 0.667. The third kappa shape index (κ3) is 4.92. The SMILES string of the molecule is O=C(CCCc1cccs1)N1CCCC(CCBr)C1. The Hall–Kier alpha value is -0.350. The fourth-order valence-electron chi connectivity index (χ4n) is 2.71. The molecule has 1 unspecified atom stereocenters. The summed E-state index contributed by atoms with van der Waals surface area (Å²) in [6.07, 6.45) is 6.39. The van der Waals surface area contributed by atoms with Crippen LogP contribution < -0.4 is 0 Å². The second-order valence-electron chi connectivity index (χ2n) is 5.26. The van der Waals surface area contributed by atoms with Gasteiger partial charge < -0.3 is 4.90 Å². The molecule has 0 saturated carbocycles. The van der Waals surface area contributed by atoms with Crippen LogP contribution in [-0.2, 0) is 11.2 Å². The maximum absolute atomic E-state index is 12.2. The van der Waals surface area contributed by atoms with Gasteiger partial charge in [-0.2, -0.15) is 0 Å². The molecule has 1 aromatic rings. The Labute approximate surface area is 128 Å². The topological polar surface area (TPSA) is 20.3 Å². The zero-order valence-electron chi connectivity index (χ0n) is 11.3. The van der Waals surface area contributed by atoms with Crippen LogP contribution in [0.2, 0.25) is 0 Å². The highest BCUT2D eigenvalue weighted by Crippen LogP contribution is 2.21. The summed E-state index contributed by atoms with van der Waals surface area (Å²) >= 11 is 5.29. The van der Waals surface area contributed by atoms with Crippen LogP contribution in [0, 0.1) is 5.92 Å². The molecular formula is C15H22BrNOS. The van der Waals surface area contributed by atoms with Gasteiger partial charge in [0.25, 0.3) is 0 Å². The number of nitrogens with zero attached hydrogens (tertiary/aromatic N) is 1. The molecule has 1 aliphatic rings. The third-order valence-corrected chi connectivity index (χ3v) is 5.18. The van der Waals surface area contributed by atoms with Crippen molar-refractivity contribution in [2.24, 2.45) is 5.92 Å². The first-order valence-corrected chi connectivity index (χ1v) is 9.16. The van der Waals surface area contributed by atoms with Gasteiger partial charge in [-0.3, -0.25) is 4.79 Å². The van der Waals surface area contributed by atoms with Gasteiger partial charge in [-0.15, -0.1) is 11.3 Å². The van der Waals surface area contributed by atoms with Gasteiger partial charge in [0.1, 0.15) is 0 Å². The molecule has 106 valence electrons. The quantitative estimate of drug-likeness (QED) is 0.712. The van der Waals surface area contributed by atoms with E-state index in [1.807, 2.05) is 0 Å². The second-order valence-corrected chi connectivity index (χ2v) is 7.08. The summed E-state index contributed by atoms with van der Waals surface area (Å²) in [6, 6.07) is 4.24. The first-order valence-electron chi connectivity index (χ1n) is 7.15. The number of halogens is 1. The molecule has 1 saturated heterocycles. The number of amides is 1. The largest absolute Gasteiger partial charge is 0.342 e. The van der Waals surface area contributed by atoms with E-state index in [-0.39, 0.29) is 0 Å². The van der Waals surface area contributed by atoms with Crippen LogP contribution in [0.4, 0.5) is 0 Å². The van der Waals surface area contributed by atoms with Crippen LogP contribution in [0.1, 0.15) is 37.0 Å². The maximum Gasteiger partial charge on any atom is 0.222 e. The second kappa shape index (κ2) is 8.05. The summed E-state index contributed by atoms with van der Waals surface area (Å²) in [4.78, 5) is 15.7. The Balaban J connectivity index is 1.70. The van der Waals surface area contributed by atoms with Crippen LogP contribution >= 0.6 is 27.3 Å². The zero-order chi connectivity index (χ0) is 13.5. The summed E-state index contributed by atoms with van der Waals surface area (Å²) in [5.41, 5.74) is 0. The number of aryl methyl sites for hydroxylation is 1. The molecule has 1 fully saturated rings. The van der Waals surface area contributed by atoms with Gasteiger partial charge >= 0.3 is 0 Å². The normalized spacial score (nSPS) is 19.6. The Kier molecular flexibility index (Phi) is 6.38. The molecule has 19 heavy (non-hydrogen) atoms. The summed E-state index contributed by atoms with van der Waals surface area (Å²) in [7, 11) is 0. The van der Waals surface area contributed by atoms with Gasteiger partial charge in [-0.25, -0.2) is 0 Å². The van der Waals surface area contributed by atoms with E-state index in [9.17, 15) is 4.79 Å². The number of hydrogen-bond acceptors (Lipinski definition) is 2. The molecule has 4 heteroatoms. The molecule has 2 heterocycles. The highest BCUT2D eigenvalue weighted by atomic mass is 79.9. The minimum atomic E-state index is 0.357. The summed E-state index contributed by atoms with van der Waals surface area (Å²) < 4.78 is 0. The molecule has 0 aliphatic carbocycles. The van der Waals surface area contributed by atoms with Crippen LogP contribution in [0.5, 0.6) is 0 Å². The number of rotatable bonds is 6. The highest BCUT2D eigenvalue weighted by Gasteiger charge is 2.22. The molecule has 2 nitrogen and oxygen atoms in total. The van der Waals surface area contributed by atoms with Gasteiger partial charge in [0, 0.05) is 29.7 Å². The molecule has 0 N–H and O–H groups in total. The predicted molar refractivity (Wildman–Crippen MR) is 85.0 cm³/mol. The summed E-state index contributed by atoms with van der Waals surface area (Å²) in [6.45, 7) is 1.94. The molecule has 0 bridgehead atoms. The average Bonchev–Trinajstić information content (AvgIpc) is 2.92. The molecule has 1 aliphatic heterocycles. The lowest BCUT2D eigenvalue weighted by Gasteiger charge is -2.32. The Morgan fingerprint density at radius 2 is 2.42 bits per heavy atom. The minimum Gasteiger partial charge on any atom is -0.342 e. The van der Waals surface area contributed by atoms with E-state index < -0.39 is 0 Å². The fourth-order valence-corrected chi connectivity index (χ4v) is 4.11. The van der Waals surface area contributed by atoms with E-state index in [1.54, 1.807) is 11.3 Å². The van der Waals surface area contributed by atoms with E-state index in [0.717, 1.165) is 31.3 Å². The van der Waals surface area contributed by atoms with Crippen molar-refractivity contribution < 1.29 is 4.79 Å². The lowest BCUT2D eigenvalue weighted by Crippen LogP contribution is -2.39. The molecule has 1 amide bonds. The number of hydrogen-bond donors (Lipinski definition) is 0. The Morgan fingerprint density at radius 3 is 3.16 bits per heavy atom. The maximum atomic E-state index is 12.2. The van der Waals surface area contributed by atoms with Crippen molar-refractivity contribution in [1.82, 2.24) is 4.90 Å². The molecule has 0 radical (unpaired) electrons. The van der Waals surface area contributed by atoms with Crippen molar-refractivity contribution in [3.8, 4) is 0 Å². The lowest BCUT2D eigenvalue weighted by atomic mass is 9.95. The van der Waals surface area contributed by atoms with Crippen molar-refractivity contribution in [1.29, 1.82) is 0 Å². The number of thiophene rings is 1. The van der Waals surface area contributed by atoms with Gasteiger partial charge in [0.2, 0.25) is 5.91 Å². The molecule has 0 aromatic carbocycles. The number of piperidine rings is 1. The van der Waals surface area contributed by atoms with Crippen molar-refractivity contribution in [2.45, 2.75) is 38.5 Å². The van der Waals surface area contributed by atoms with E-state index in [2.05, 4.69) is 38.3 Å². The number of carbonyl (C=O) groups excluding carboxylic acids is 1. The first-order chi connectivity index (χ1) is 9.29. The van der Waals surface area contributed by atoms with Crippen molar-refractivity contribution in [3.63, 3.8) is 0 Å². The summed E-state index contributed by atoms with van der Waals surface area (Å²) in [5.74, 6) is 1.06. The lowest BCUT2D eigenvalue weighted by molar-refractivity contribution is -0.133. The van der Waals surface area contributed by atoms with Crippen LogP contribution in [0.3, 0.4) is 0 Å². The van der Waals surface area contributed by atoms with E-state index in [0.29, 0.717) is 18.2 Å². The zero-order valence-corrected chi connectivity index (χ0v) is 13.7. The molecule has 2 rings (SSSR count). The summed E-state index contributed by atoms with van der Waals surface area (Å²) in [5, 5.41) is 3.16. The number of alkyl halides is 1. The van der Waals surface area contributed by atoms with Crippen molar-refractivity contribution in [3.05, 3.63) is 22.4 Å².